The molecule has 7 heteroatoms. The molecule has 0 saturated heterocycles. The summed E-state index contributed by atoms with van der Waals surface area (Å²) in [7, 11) is 0. The van der Waals surface area contributed by atoms with Crippen LogP contribution < -0.4 is 5.32 Å². The average molecular weight is 428 g/mol. The summed E-state index contributed by atoms with van der Waals surface area (Å²) in [5.74, 6) is -1.38. The number of hydrogen-bond donors (Lipinski definition) is 2. The summed E-state index contributed by atoms with van der Waals surface area (Å²) in [5.41, 5.74) is 3.80. The summed E-state index contributed by atoms with van der Waals surface area (Å²) < 4.78 is 7.41. The highest BCUT2D eigenvalue weighted by molar-refractivity contribution is 5.70. The van der Waals surface area contributed by atoms with Crippen molar-refractivity contribution in [3.05, 3.63) is 47.5 Å². The second-order valence-corrected chi connectivity index (χ2v) is 9.20. The van der Waals surface area contributed by atoms with Gasteiger partial charge in [-0.1, -0.05) is 25.1 Å². The van der Waals surface area contributed by atoms with Crippen LogP contribution in [-0.4, -0.2) is 38.4 Å². The molecule has 0 radical (unpaired) electrons. The Kier molecular flexibility index (Phi) is 7.03. The lowest BCUT2D eigenvalue weighted by Gasteiger charge is -2.24. The van der Waals surface area contributed by atoms with E-state index in [1.807, 2.05) is 39.8 Å². The molecule has 0 saturated carbocycles. The van der Waals surface area contributed by atoms with Gasteiger partial charge in [0, 0.05) is 23.8 Å². The van der Waals surface area contributed by atoms with Crippen LogP contribution in [0.25, 0.3) is 5.69 Å². The van der Waals surface area contributed by atoms with E-state index in [1.54, 1.807) is 6.33 Å². The Labute approximate surface area is 183 Å². The summed E-state index contributed by atoms with van der Waals surface area (Å²) in [6.07, 6.45) is 5.28. The third-order valence-electron chi connectivity index (χ3n) is 5.70. The highest BCUT2D eigenvalue weighted by atomic mass is 16.6. The van der Waals surface area contributed by atoms with Crippen molar-refractivity contribution in [3.8, 4) is 5.69 Å². The molecule has 0 fully saturated rings. The predicted octanol–water partition coefficient (Wildman–Crippen LogP) is 4.30. The monoisotopic (exact) mass is 427 g/mol. The molecule has 0 bridgehead atoms. The first-order chi connectivity index (χ1) is 14.7. The molecule has 1 aliphatic heterocycles. The van der Waals surface area contributed by atoms with Crippen LogP contribution in [0.15, 0.2) is 30.6 Å². The number of nitrogens with one attached hydrogen (secondary N) is 1. The van der Waals surface area contributed by atoms with Crippen LogP contribution in [0, 0.1) is 5.92 Å². The van der Waals surface area contributed by atoms with Crippen LogP contribution in [0.2, 0.25) is 0 Å². The van der Waals surface area contributed by atoms with Crippen molar-refractivity contribution in [1.82, 2.24) is 14.9 Å². The van der Waals surface area contributed by atoms with Crippen LogP contribution in [0.5, 0.6) is 0 Å². The number of carbonyl (C=O) groups excluding carboxylic acids is 1. The molecule has 2 heterocycles. The number of para-hydroxylation sites is 1. The van der Waals surface area contributed by atoms with Crippen LogP contribution >= 0.6 is 0 Å². The fourth-order valence-electron chi connectivity index (χ4n) is 4.07. The number of carboxylic acid groups (broad SMARTS) is 1. The lowest BCUT2D eigenvalue weighted by Crippen LogP contribution is -2.39. The van der Waals surface area contributed by atoms with E-state index < -0.39 is 23.6 Å². The van der Waals surface area contributed by atoms with Gasteiger partial charge in [-0.2, -0.15) is 0 Å². The van der Waals surface area contributed by atoms with Gasteiger partial charge in [-0.05, 0) is 64.5 Å². The first-order valence-electron chi connectivity index (χ1n) is 11.0. The fraction of sp³-hybridized carbons (Fsp3) is 0.542. The molecular weight excluding hydrogens is 394 g/mol. The number of carboxylic acids is 1. The molecule has 1 unspecified atom stereocenters. The summed E-state index contributed by atoms with van der Waals surface area (Å²) >= 11 is 0. The third kappa shape index (κ3) is 5.87. The number of aryl methyl sites for hydroxylation is 1. The van der Waals surface area contributed by atoms with Gasteiger partial charge in [-0.3, -0.25) is 4.79 Å². The van der Waals surface area contributed by atoms with Gasteiger partial charge in [-0.15, -0.1) is 0 Å². The quantitative estimate of drug-likeness (QED) is 0.655. The van der Waals surface area contributed by atoms with E-state index >= 15 is 0 Å². The van der Waals surface area contributed by atoms with Crippen molar-refractivity contribution < 1.29 is 19.4 Å². The van der Waals surface area contributed by atoms with Gasteiger partial charge in [0.1, 0.15) is 5.60 Å². The van der Waals surface area contributed by atoms with E-state index in [2.05, 4.69) is 27.0 Å². The van der Waals surface area contributed by atoms with Gasteiger partial charge in [0.2, 0.25) is 0 Å². The number of ether oxygens (including phenoxy) is 1. The topological polar surface area (TPSA) is 93.5 Å². The standard InChI is InChI=1S/C24H33N3O4/c1-5-18(26-23(30)31-24(2,3)4)12-10-17(22(28)29)14-19-21-13-11-16-8-6-7-9-20(16)27(21)15-25-19/h6-9,15,17-18H,5,10-14H2,1-4H3,(H,26,30)(H,28,29)/t17-,18?/m0/s1. The Morgan fingerprint density at radius 3 is 2.65 bits per heavy atom. The lowest BCUT2D eigenvalue weighted by atomic mass is 9.92. The Morgan fingerprint density at radius 2 is 1.97 bits per heavy atom. The first-order valence-corrected chi connectivity index (χ1v) is 11.0. The number of rotatable bonds is 8. The number of alkyl carbamates (subject to hydrolysis) is 1. The molecule has 1 aromatic carbocycles. The van der Waals surface area contributed by atoms with Gasteiger partial charge in [0.15, 0.2) is 0 Å². The number of nitrogens with zero attached hydrogens (tertiary/aromatic N) is 2. The molecule has 0 aliphatic carbocycles. The second-order valence-electron chi connectivity index (χ2n) is 9.20. The third-order valence-corrected chi connectivity index (χ3v) is 5.70. The highest BCUT2D eigenvalue weighted by Crippen LogP contribution is 2.28. The molecule has 7 nitrogen and oxygen atoms in total. The van der Waals surface area contributed by atoms with Gasteiger partial charge < -0.3 is 19.7 Å². The van der Waals surface area contributed by atoms with Crippen LogP contribution in [-0.2, 0) is 28.8 Å². The maximum atomic E-state index is 12.1. The summed E-state index contributed by atoms with van der Waals surface area (Å²) in [4.78, 5) is 28.6. The van der Waals surface area contributed by atoms with Crippen LogP contribution in [0.1, 0.15) is 63.9 Å². The molecule has 2 N–H and O–H groups in total. The van der Waals surface area contributed by atoms with E-state index in [0.717, 1.165) is 29.9 Å². The molecule has 168 valence electrons. The minimum absolute atomic E-state index is 0.125. The number of carbonyl (C=O) groups is 2. The van der Waals surface area contributed by atoms with Crippen molar-refractivity contribution in [3.63, 3.8) is 0 Å². The maximum Gasteiger partial charge on any atom is 0.407 e. The number of amides is 1. The van der Waals surface area contributed by atoms with E-state index in [9.17, 15) is 14.7 Å². The van der Waals surface area contributed by atoms with Gasteiger partial charge >= 0.3 is 12.1 Å². The molecule has 1 amide bonds. The first kappa shape index (κ1) is 22.8. The van der Waals surface area contributed by atoms with Crippen LogP contribution in [0.3, 0.4) is 0 Å². The van der Waals surface area contributed by atoms with Crippen molar-refractivity contribution in [2.24, 2.45) is 5.92 Å². The SMILES string of the molecule is CCC(CC[C@@H](Cc1ncn2c1CCc1ccccc1-2)C(=O)O)NC(=O)OC(C)(C)C. The number of fused-ring (bicyclic) bond motifs is 3. The average Bonchev–Trinajstić information content (AvgIpc) is 3.11. The van der Waals surface area contributed by atoms with E-state index in [0.29, 0.717) is 25.7 Å². The lowest BCUT2D eigenvalue weighted by molar-refractivity contribution is -0.142. The summed E-state index contributed by atoms with van der Waals surface area (Å²) in [6, 6.07) is 8.13. The van der Waals surface area contributed by atoms with Crippen molar-refractivity contribution >= 4 is 12.1 Å². The zero-order valence-corrected chi connectivity index (χ0v) is 18.9. The van der Waals surface area contributed by atoms with E-state index in [1.165, 1.54) is 5.56 Å². The van der Waals surface area contributed by atoms with Crippen molar-refractivity contribution in [2.45, 2.75) is 77.9 Å². The molecule has 3 rings (SSSR count). The molecule has 2 aromatic rings. The van der Waals surface area contributed by atoms with Gasteiger partial charge in [-0.25, -0.2) is 9.78 Å². The number of aromatic nitrogens is 2. The Hall–Kier alpha value is -2.83. The number of aliphatic carboxylic acids is 1. The smallest absolute Gasteiger partial charge is 0.407 e. The molecule has 2 atom stereocenters. The largest absolute Gasteiger partial charge is 0.481 e. The summed E-state index contributed by atoms with van der Waals surface area (Å²) in [5, 5.41) is 12.7. The van der Waals surface area contributed by atoms with E-state index in [-0.39, 0.29) is 6.04 Å². The normalized spacial score (nSPS) is 14.8. The molecular formula is C24H33N3O4. The van der Waals surface area contributed by atoms with Gasteiger partial charge in [0.05, 0.1) is 17.9 Å². The number of benzene rings is 1. The Morgan fingerprint density at radius 1 is 1.23 bits per heavy atom. The second kappa shape index (κ2) is 9.54. The summed E-state index contributed by atoms with van der Waals surface area (Å²) in [6.45, 7) is 7.43. The minimum Gasteiger partial charge on any atom is -0.481 e. The zero-order valence-electron chi connectivity index (χ0n) is 18.9. The maximum absolute atomic E-state index is 12.1. The number of hydrogen-bond acceptors (Lipinski definition) is 4. The fourth-order valence-corrected chi connectivity index (χ4v) is 4.07. The predicted molar refractivity (Wildman–Crippen MR) is 118 cm³/mol. The molecule has 31 heavy (non-hydrogen) atoms. The van der Waals surface area contributed by atoms with Crippen LogP contribution in [0.4, 0.5) is 4.79 Å². The van der Waals surface area contributed by atoms with Crippen molar-refractivity contribution in [2.75, 3.05) is 0 Å². The van der Waals surface area contributed by atoms with E-state index in [4.69, 9.17) is 4.74 Å². The molecule has 1 aromatic heterocycles. The zero-order chi connectivity index (χ0) is 22.6. The highest BCUT2D eigenvalue weighted by Gasteiger charge is 2.26. The Balaban J connectivity index is 1.64. The molecule has 0 spiro atoms. The van der Waals surface area contributed by atoms with Gasteiger partial charge in [0.25, 0.3) is 0 Å². The Bertz CT molecular complexity index is 929. The minimum atomic E-state index is -0.829. The molecule has 1 aliphatic rings. The van der Waals surface area contributed by atoms with Crippen molar-refractivity contribution in [1.29, 1.82) is 0 Å². The number of imidazole rings is 1.